The normalized spacial score (nSPS) is 11.0. The zero-order chi connectivity index (χ0) is 15.2. The van der Waals surface area contributed by atoms with Gasteiger partial charge >= 0.3 is 5.97 Å². The number of carboxylic acid groups (broad SMARTS) is 1. The largest absolute Gasteiger partial charge is 0.475 e. The van der Waals surface area contributed by atoms with Crippen LogP contribution in [-0.4, -0.2) is 30.1 Å². The number of hydrogen-bond donors (Lipinski definition) is 2. The van der Waals surface area contributed by atoms with Crippen LogP contribution in [-0.2, 0) is 19.6 Å². The molecular weight excluding hydrogens is 268 g/mol. The molecule has 0 aliphatic carbocycles. The average molecular weight is 288 g/mol. The zero-order valence-corrected chi connectivity index (χ0v) is 12.3. The molecule has 0 amide bonds. The summed E-state index contributed by atoms with van der Waals surface area (Å²) in [4.78, 5) is 12.9. The summed E-state index contributed by atoms with van der Waals surface area (Å²) in [5, 5.41) is 12.1. The lowest BCUT2D eigenvalue weighted by atomic mass is 10.1. The lowest BCUT2D eigenvalue weighted by Gasteiger charge is -2.14. The Hall–Kier alpha value is -2.11. The molecule has 21 heavy (non-hydrogen) atoms. The fourth-order valence-electron chi connectivity index (χ4n) is 2.13. The van der Waals surface area contributed by atoms with E-state index in [2.05, 4.69) is 22.3 Å². The van der Waals surface area contributed by atoms with Crippen LogP contribution < -0.4 is 5.32 Å². The van der Waals surface area contributed by atoms with Gasteiger partial charge in [-0.2, -0.15) is 0 Å². The van der Waals surface area contributed by atoms with Gasteiger partial charge in [0.15, 0.2) is 0 Å². The molecule has 1 aromatic carbocycles. The molecule has 0 unspecified atom stereocenters. The molecule has 0 bridgehead atoms. The standard InChI is InChI=1S/C16H20N2O3/c1-18(2)11-13-6-4-3-5-12(13)9-17-10-14-7-8-15(21-14)16(19)20/h3-8,17H,9-11H2,1-2H3,(H,19,20). The van der Waals surface area contributed by atoms with E-state index in [1.54, 1.807) is 6.07 Å². The Bertz CT molecular complexity index is 605. The number of nitrogens with zero attached hydrogens (tertiary/aromatic N) is 1. The molecule has 0 atom stereocenters. The van der Waals surface area contributed by atoms with E-state index in [4.69, 9.17) is 9.52 Å². The van der Waals surface area contributed by atoms with Crippen LogP contribution in [0.1, 0.15) is 27.4 Å². The molecule has 2 rings (SSSR count). The first-order chi connectivity index (χ1) is 10.1. The predicted octanol–water partition coefficient (Wildman–Crippen LogP) is 2.33. The van der Waals surface area contributed by atoms with Gasteiger partial charge in [-0.15, -0.1) is 0 Å². The highest BCUT2D eigenvalue weighted by Gasteiger charge is 2.09. The van der Waals surface area contributed by atoms with Crippen molar-refractivity contribution in [3.05, 3.63) is 59.0 Å². The Morgan fingerprint density at radius 2 is 1.86 bits per heavy atom. The van der Waals surface area contributed by atoms with Gasteiger partial charge in [-0.25, -0.2) is 4.79 Å². The van der Waals surface area contributed by atoms with E-state index < -0.39 is 5.97 Å². The summed E-state index contributed by atoms with van der Waals surface area (Å²) in [5.41, 5.74) is 2.51. The molecule has 5 heteroatoms. The molecule has 0 aliphatic heterocycles. The van der Waals surface area contributed by atoms with Gasteiger partial charge in [0.1, 0.15) is 5.76 Å². The molecule has 1 aromatic heterocycles. The van der Waals surface area contributed by atoms with Crippen molar-refractivity contribution in [3.63, 3.8) is 0 Å². The van der Waals surface area contributed by atoms with Crippen LogP contribution in [0.5, 0.6) is 0 Å². The molecule has 0 spiro atoms. The third kappa shape index (κ3) is 4.44. The second-order valence-electron chi connectivity index (χ2n) is 5.18. The number of rotatable bonds is 7. The van der Waals surface area contributed by atoms with Crippen LogP contribution in [0.15, 0.2) is 40.8 Å². The third-order valence-electron chi connectivity index (χ3n) is 3.09. The molecular formula is C16H20N2O3. The summed E-state index contributed by atoms with van der Waals surface area (Å²) in [6, 6.07) is 11.4. The smallest absolute Gasteiger partial charge is 0.371 e. The predicted molar refractivity (Wildman–Crippen MR) is 80.0 cm³/mol. The van der Waals surface area contributed by atoms with Crippen LogP contribution >= 0.6 is 0 Å². The van der Waals surface area contributed by atoms with Crippen LogP contribution in [0.3, 0.4) is 0 Å². The van der Waals surface area contributed by atoms with Gasteiger partial charge in [0.2, 0.25) is 5.76 Å². The third-order valence-corrected chi connectivity index (χ3v) is 3.09. The van der Waals surface area contributed by atoms with Crippen molar-refractivity contribution >= 4 is 5.97 Å². The fourth-order valence-corrected chi connectivity index (χ4v) is 2.13. The molecule has 5 nitrogen and oxygen atoms in total. The number of nitrogens with one attached hydrogen (secondary N) is 1. The fraction of sp³-hybridized carbons (Fsp3) is 0.312. The Labute approximate surface area is 124 Å². The maximum Gasteiger partial charge on any atom is 0.371 e. The van der Waals surface area contributed by atoms with Gasteiger partial charge in [0.05, 0.1) is 6.54 Å². The monoisotopic (exact) mass is 288 g/mol. The summed E-state index contributed by atoms with van der Waals surface area (Å²) >= 11 is 0. The quantitative estimate of drug-likeness (QED) is 0.818. The summed E-state index contributed by atoms with van der Waals surface area (Å²) in [6.07, 6.45) is 0. The number of hydrogen-bond acceptors (Lipinski definition) is 4. The van der Waals surface area contributed by atoms with Crippen molar-refractivity contribution in [2.24, 2.45) is 0 Å². The molecule has 2 aromatic rings. The van der Waals surface area contributed by atoms with E-state index in [1.807, 2.05) is 26.2 Å². The average Bonchev–Trinajstić information content (AvgIpc) is 2.89. The molecule has 0 saturated heterocycles. The Morgan fingerprint density at radius 3 is 2.48 bits per heavy atom. The Morgan fingerprint density at radius 1 is 1.14 bits per heavy atom. The van der Waals surface area contributed by atoms with Crippen molar-refractivity contribution in [3.8, 4) is 0 Å². The molecule has 1 heterocycles. The second-order valence-corrected chi connectivity index (χ2v) is 5.18. The lowest BCUT2D eigenvalue weighted by molar-refractivity contribution is 0.0660. The summed E-state index contributed by atoms with van der Waals surface area (Å²) in [6.45, 7) is 2.11. The van der Waals surface area contributed by atoms with Gasteiger partial charge < -0.3 is 19.7 Å². The molecule has 0 radical (unpaired) electrons. The number of furan rings is 1. The summed E-state index contributed by atoms with van der Waals surface area (Å²) in [7, 11) is 4.08. The van der Waals surface area contributed by atoms with Crippen molar-refractivity contribution in [1.82, 2.24) is 10.2 Å². The highest BCUT2D eigenvalue weighted by molar-refractivity contribution is 5.84. The minimum atomic E-state index is -1.04. The van der Waals surface area contributed by atoms with Crippen LogP contribution in [0.2, 0.25) is 0 Å². The molecule has 0 fully saturated rings. The first-order valence-electron chi connectivity index (χ1n) is 6.80. The van der Waals surface area contributed by atoms with E-state index in [1.165, 1.54) is 17.2 Å². The van der Waals surface area contributed by atoms with Crippen molar-refractivity contribution in [2.45, 2.75) is 19.6 Å². The molecule has 0 saturated carbocycles. The minimum absolute atomic E-state index is 0.0280. The summed E-state index contributed by atoms with van der Waals surface area (Å²) < 4.78 is 5.21. The number of aromatic carboxylic acids is 1. The lowest BCUT2D eigenvalue weighted by Crippen LogP contribution is -2.17. The van der Waals surface area contributed by atoms with Gasteiger partial charge in [0.25, 0.3) is 0 Å². The van der Waals surface area contributed by atoms with Gasteiger partial charge in [-0.3, -0.25) is 0 Å². The van der Waals surface area contributed by atoms with Gasteiger partial charge in [-0.05, 0) is 37.4 Å². The highest BCUT2D eigenvalue weighted by Crippen LogP contribution is 2.11. The van der Waals surface area contributed by atoms with Crippen molar-refractivity contribution < 1.29 is 14.3 Å². The first kappa shape index (κ1) is 15.3. The first-order valence-corrected chi connectivity index (χ1v) is 6.80. The zero-order valence-electron chi connectivity index (χ0n) is 12.3. The van der Waals surface area contributed by atoms with Crippen LogP contribution in [0.4, 0.5) is 0 Å². The number of benzene rings is 1. The minimum Gasteiger partial charge on any atom is -0.475 e. The maximum absolute atomic E-state index is 10.7. The molecule has 112 valence electrons. The molecule has 2 N–H and O–H groups in total. The van der Waals surface area contributed by atoms with Crippen LogP contribution in [0, 0.1) is 0 Å². The van der Waals surface area contributed by atoms with E-state index in [9.17, 15) is 4.79 Å². The maximum atomic E-state index is 10.7. The van der Waals surface area contributed by atoms with Crippen molar-refractivity contribution in [1.29, 1.82) is 0 Å². The van der Waals surface area contributed by atoms with E-state index >= 15 is 0 Å². The van der Waals surface area contributed by atoms with Gasteiger partial charge in [-0.1, -0.05) is 24.3 Å². The summed E-state index contributed by atoms with van der Waals surface area (Å²) in [5.74, 6) is -0.449. The number of carboxylic acids is 1. The van der Waals surface area contributed by atoms with Crippen LogP contribution in [0.25, 0.3) is 0 Å². The van der Waals surface area contributed by atoms with Gasteiger partial charge in [0, 0.05) is 13.1 Å². The van der Waals surface area contributed by atoms with E-state index in [0.29, 0.717) is 18.8 Å². The topological polar surface area (TPSA) is 65.7 Å². The Kier molecular flexibility index (Phi) is 5.14. The molecule has 0 aliphatic rings. The SMILES string of the molecule is CN(C)Cc1ccccc1CNCc1ccc(C(=O)O)o1. The van der Waals surface area contributed by atoms with Crippen molar-refractivity contribution in [2.75, 3.05) is 14.1 Å². The Balaban J connectivity index is 1.92. The second kappa shape index (κ2) is 7.06. The van der Waals surface area contributed by atoms with E-state index in [-0.39, 0.29) is 5.76 Å². The highest BCUT2D eigenvalue weighted by atomic mass is 16.4. The van der Waals surface area contributed by atoms with E-state index in [0.717, 1.165) is 6.54 Å². The number of carbonyl (C=O) groups is 1.